The van der Waals surface area contributed by atoms with Crippen molar-refractivity contribution in [1.29, 1.82) is 0 Å². The predicted octanol–water partition coefficient (Wildman–Crippen LogP) is 12.6. The molecule has 444 valence electrons. The quantitative estimate of drug-likeness (QED) is 0.0681. The molecule has 0 amide bonds. The van der Waals surface area contributed by atoms with Crippen molar-refractivity contribution in [2.24, 2.45) is 5.92 Å². The Balaban J connectivity index is 1.05. The molecule has 6 aromatic carbocycles. The van der Waals surface area contributed by atoms with Gasteiger partial charge in [-0.25, -0.2) is 0 Å². The summed E-state index contributed by atoms with van der Waals surface area (Å²) < 4.78 is 91.8. The van der Waals surface area contributed by atoms with E-state index >= 15 is 0 Å². The van der Waals surface area contributed by atoms with Crippen molar-refractivity contribution in [3.05, 3.63) is 215 Å². The van der Waals surface area contributed by atoms with Gasteiger partial charge >= 0.3 is 0 Å². The third-order valence-corrected chi connectivity index (χ3v) is 16.3. The van der Waals surface area contributed by atoms with Crippen molar-refractivity contribution in [3.8, 4) is 0 Å². The largest absolute Gasteiger partial charge is 0.379 e. The summed E-state index contributed by atoms with van der Waals surface area (Å²) in [4.78, 5) is 0. The molecule has 13 heteroatoms. The van der Waals surface area contributed by atoms with Gasteiger partial charge in [0.15, 0.2) is 12.6 Å². The Morgan fingerprint density at radius 1 is 0.361 bits per heavy atom. The molecule has 11 rings (SSSR count). The second kappa shape index (κ2) is 32.9. The van der Waals surface area contributed by atoms with E-state index in [1.165, 1.54) is 0 Å². The summed E-state index contributed by atoms with van der Waals surface area (Å²) in [5, 5.41) is 0. The molecule has 1 aliphatic carbocycles. The van der Waals surface area contributed by atoms with Gasteiger partial charge in [-0.3, -0.25) is 0 Å². The summed E-state index contributed by atoms with van der Waals surface area (Å²) in [6.07, 6.45) is -1.67. The van der Waals surface area contributed by atoms with E-state index in [4.69, 9.17) is 61.6 Å². The zero-order valence-electron chi connectivity index (χ0n) is 48.4. The molecule has 0 unspecified atom stereocenters. The number of hydrogen-bond acceptors (Lipinski definition) is 13. The van der Waals surface area contributed by atoms with Crippen LogP contribution in [0.15, 0.2) is 182 Å². The van der Waals surface area contributed by atoms with E-state index in [2.05, 4.69) is 67.6 Å². The van der Waals surface area contributed by atoms with Gasteiger partial charge in [0.25, 0.3) is 0 Å². The van der Waals surface area contributed by atoms with Crippen LogP contribution in [0.4, 0.5) is 0 Å². The van der Waals surface area contributed by atoms with Gasteiger partial charge in [0.1, 0.15) is 48.8 Å². The fraction of sp³-hybridized carbons (Fsp3) is 0.486. The minimum Gasteiger partial charge on any atom is -0.379 e. The van der Waals surface area contributed by atoms with Crippen LogP contribution in [0.1, 0.15) is 91.7 Å². The second-order valence-corrected chi connectivity index (χ2v) is 22.5. The van der Waals surface area contributed by atoms with Gasteiger partial charge in [-0.05, 0) is 58.6 Å². The summed E-state index contributed by atoms with van der Waals surface area (Å²) in [6, 6.07) is 61.3. The topological polar surface area (TPSA) is 120 Å². The maximum absolute atomic E-state index is 7.77. The van der Waals surface area contributed by atoms with E-state index < -0.39 is 67.5 Å². The van der Waals surface area contributed by atoms with E-state index in [-0.39, 0.29) is 51.2 Å². The van der Waals surface area contributed by atoms with Gasteiger partial charge in [-0.2, -0.15) is 0 Å². The lowest BCUT2D eigenvalue weighted by atomic mass is 9.83. The number of fused-ring (bicyclic) bond motifs is 13. The standard InChI is InChI=1S/C70H86O13/c1-51-41-60(59(75-44-53-29-15-8-16-30-53)42-58(51)74-43-52-27-13-7-14-28-52)80-66-64(77-46-55-33-19-10-20-34-55)62-50-73-40-26-6-4-3-5-25-39-72-49-61-63(76-45-54-31-17-9-18-32-54)65(78-47-56-35-21-11-22-36-56)67(79-48-57-37-23-12-24-38-57)70(82-61)83-68(66)69(71-2)81-62/h7-24,27-38,51,58-70H,3-6,25-26,39-50H2,1-2H3/t51-,58+,59+,60-,61+,62+,63-,64+,65-,66-,67+,68-,69-,70+/m0/s1. The molecule has 5 aliphatic rings. The average Bonchev–Trinajstić information content (AvgIpc) is 3.73. The SMILES string of the molecule is CO[C@H]1O[C@@H]2COCCCCCCCCOC[C@H]3O[C@H](O[C@H]1[C@@H](O[C@H]1C[C@H](C)[C@H](OCc4ccccc4)C[C@H]1OCc1ccccc1)[C@@H]2OCc1ccccc1)[C@H](OCc1ccccc1)[C@@H](OCc1ccccc1)[C@H]3OCc1ccccc1. The Morgan fingerprint density at radius 3 is 1.18 bits per heavy atom. The fourth-order valence-electron chi connectivity index (χ4n) is 11.7. The number of hydrogen-bond donors (Lipinski definition) is 0. The van der Waals surface area contributed by atoms with Crippen LogP contribution in [0.25, 0.3) is 0 Å². The number of benzene rings is 6. The van der Waals surface area contributed by atoms with Gasteiger partial charge in [-0.1, -0.05) is 215 Å². The molecule has 4 aliphatic heterocycles. The smallest absolute Gasteiger partial charge is 0.187 e. The lowest BCUT2D eigenvalue weighted by molar-refractivity contribution is -0.385. The Hall–Kier alpha value is -5.20. The molecule has 5 fully saturated rings. The fourth-order valence-corrected chi connectivity index (χ4v) is 11.7. The third kappa shape index (κ3) is 18.2. The number of rotatable bonds is 21. The van der Waals surface area contributed by atoms with Gasteiger partial charge in [0, 0.05) is 26.7 Å². The van der Waals surface area contributed by atoms with Gasteiger partial charge in [0.2, 0.25) is 0 Å². The molecule has 0 radical (unpaired) electrons. The molecule has 4 bridgehead atoms. The summed E-state index contributed by atoms with van der Waals surface area (Å²) >= 11 is 0. The van der Waals surface area contributed by atoms with Crippen LogP contribution in [0.5, 0.6) is 0 Å². The molecule has 0 spiro atoms. The molecule has 0 aromatic heterocycles. The van der Waals surface area contributed by atoms with Crippen molar-refractivity contribution in [2.45, 2.75) is 178 Å². The summed E-state index contributed by atoms with van der Waals surface area (Å²) in [7, 11) is 1.64. The Labute approximate surface area is 492 Å². The summed E-state index contributed by atoms with van der Waals surface area (Å²) in [5.74, 6) is 0.0981. The summed E-state index contributed by atoms with van der Waals surface area (Å²) in [5.41, 5.74) is 6.17. The number of ether oxygens (including phenoxy) is 13. The lowest BCUT2D eigenvalue weighted by Gasteiger charge is -2.51. The predicted molar refractivity (Wildman–Crippen MR) is 316 cm³/mol. The van der Waals surface area contributed by atoms with Crippen molar-refractivity contribution in [1.82, 2.24) is 0 Å². The molecular formula is C70H86O13. The number of methoxy groups -OCH3 is 1. The van der Waals surface area contributed by atoms with Crippen molar-refractivity contribution >= 4 is 0 Å². The first kappa shape index (κ1) is 60.9. The highest BCUT2D eigenvalue weighted by Crippen LogP contribution is 2.40. The van der Waals surface area contributed by atoms with E-state index in [9.17, 15) is 0 Å². The summed E-state index contributed by atoms with van der Waals surface area (Å²) in [6.45, 7) is 5.82. The van der Waals surface area contributed by atoms with E-state index in [1.807, 2.05) is 121 Å². The third-order valence-electron chi connectivity index (χ3n) is 16.3. The zero-order valence-corrected chi connectivity index (χ0v) is 48.4. The van der Waals surface area contributed by atoms with Gasteiger partial charge in [-0.15, -0.1) is 0 Å². The maximum atomic E-state index is 7.77. The van der Waals surface area contributed by atoms with Crippen LogP contribution in [-0.4, -0.2) is 113 Å². The zero-order chi connectivity index (χ0) is 56.7. The molecule has 0 N–H and O–H groups in total. The molecule has 6 aromatic rings. The van der Waals surface area contributed by atoms with Crippen LogP contribution in [0, 0.1) is 5.92 Å². The molecule has 14 atom stereocenters. The molecule has 83 heavy (non-hydrogen) atoms. The lowest BCUT2D eigenvalue weighted by Crippen LogP contribution is -2.67. The first-order valence-corrected chi connectivity index (χ1v) is 30.3. The van der Waals surface area contributed by atoms with E-state index in [0.717, 1.165) is 71.9 Å². The first-order valence-electron chi connectivity index (χ1n) is 30.3. The second-order valence-electron chi connectivity index (χ2n) is 22.5. The monoisotopic (exact) mass is 1130 g/mol. The van der Waals surface area contributed by atoms with E-state index in [1.54, 1.807) is 7.11 Å². The minimum atomic E-state index is -1.10. The Morgan fingerprint density at radius 2 is 0.735 bits per heavy atom. The average molecular weight is 1140 g/mol. The van der Waals surface area contributed by atoms with E-state index in [0.29, 0.717) is 45.9 Å². The van der Waals surface area contributed by atoms with Crippen molar-refractivity contribution in [2.75, 3.05) is 33.5 Å². The van der Waals surface area contributed by atoms with Crippen molar-refractivity contribution < 1.29 is 61.6 Å². The molecule has 1 saturated carbocycles. The molecule has 4 heterocycles. The van der Waals surface area contributed by atoms with Crippen LogP contribution in [-0.2, 0) is 101 Å². The highest BCUT2D eigenvalue weighted by atomic mass is 16.8. The normalized spacial score (nSPS) is 29.4. The molecule has 4 saturated heterocycles. The van der Waals surface area contributed by atoms with Crippen LogP contribution in [0.2, 0.25) is 0 Å². The minimum absolute atomic E-state index is 0.0981. The molecular weight excluding hydrogens is 1050 g/mol. The van der Waals surface area contributed by atoms with Crippen LogP contribution in [0.3, 0.4) is 0 Å². The maximum Gasteiger partial charge on any atom is 0.187 e. The van der Waals surface area contributed by atoms with Crippen molar-refractivity contribution in [3.63, 3.8) is 0 Å². The van der Waals surface area contributed by atoms with Crippen LogP contribution >= 0.6 is 0 Å². The van der Waals surface area contributed by atoms with Gasteiger partial charge < -0.3 is 61.6 Å². The Kier molecular flexibility index (Phi) is 24.1. The molecule has 13 nitrogen and oxygen atoms in total. The van der Waals surface area contributed by atoms with Gasteiger partial charge in [0.05, 0.1) is 71.2 Å². The Bertz CT molecular complexity index is 2680. The highest BCUT2D eigenvalue weighted by Gasteiger charge is 2.56. The first-order chi connectivity index (χ1) is 41.0. The van der Waals surface area contributed by atoms with Crippen LogP contribution < -0.4 is 0 Å². The highest BCUT2D eigenvalue weighted by molar-refractivity contribution is 5.18.